The molecule has 1 saturated heterocycles. The third-order valence-electron chi connectivity index (χ3n) is 3.21. The van der Waals surface area contributed by atoms with Gasteiger partial charge in [0.2, 0.25) is 0 Å². The van der Waals surface area contributed by atoms with E-state index in [1.807, 2.05) is 18.4 Å². The Morgan fingerprint density at radius 2 is 2.33 bits per heavy atom. The third kappa shape index (κ3) is 3.80. The molecule has 2 rings (SSSR count). The van der Waals surface area contributed by atoms with Crippen molar-refractivity contribution in [3.63, 3.8) is 0 Å². The van der Waals surface area contributed by atoms with Gasteiger partial charge in [-0.2, -0.15) is 0 Å². The van der Waals surface area contributed by atoms with Gasteiger partial charge in [-0.05, 0) is 18.4 Å². The second-order valence-electron chi connectivity index (χ2n) is 4.46. The molecule has 0 radical (unpaired) electrons. The lowest BCUT2D eigenvalue weighted by atomic mass is 10.2. The highest BCUT2D eigenvalue weighted by molar-refractivity contribution is 7.09. The molecule has 1 aromatic rings. The standard InChI is InChI=1S/C13H20N2O2S/c1-11(15-7-5-14-6-8-15)13(16)17-9-4-12-3-2-10-18-12/h2-3,10-11,14H,4-9H2,1H3. The first-order chi connectivity index (χ1) is 8.77. The van der Waals surface area contributed by atoms with Crippen LogP contribution < -0.4 is 5.32 Å². The summed E-state index contributed by atoms with van der Waals surface area (Å²) in [5.41, 5.74) is 0. The molecule has 0 spiro atoms. The average molecular weight is 268 g/mol. The summed E-state index contributed by atoms with van der Waals surface area (Å²) in [6.45, 7) is 6.15. The molecule has 0 aliphatic carbocycles. The fraction of sp³-hybridized carbons (Fsp3) is 0.615. The Balaban J connectivity index is 1.70. The van der Waals surface area contributed by atoms with Crippen LogP contribution in [0.3, 0.4) is 0 Å². The summed E-state index contributed by atoms with van der Waals surface area (Å²) in [4.78, 5) is 15.3. The zero-order valence-corrected chi connectivity index (χ0v) is 11.5. The molecule has 1 aromatic heterocycles. The molecule has 4 nitrogen and oxygen atoms in total. The predicted molar refractivity (Wildman–Crippen MR) is 72.9 cm³/mol. The van der Waals surface area contributed by atoms with Crippen molar-refractivity contribution in [3.8, 4) is 0 Å². The number of carbonyl (C=O) groups is 1. The van der Waals surface area contributed by atoms with Crippen LogP contribution in [0.4, 0.5) is 0 Å². The maximum absolute atomic E-state index is 11.9. The minimum atomic E-state index is -0.129. The van der Waals surface area contributed by atoms with E-state index in [1.54, 1.807) is 11.3 Å². The van der Waals surface area contributed by atoms with Gasteiger partial charge in [-0.1, -0.05) is 6.07 Å². The zero-order valence-electron chi connectivity index (χ0n) is 10.7. The fourth-order valence-corrected chi connectivity index (χ4v) is 2.74. The van der Waals surface area contributed by atoms with Crippen molar-refractivity contribution < 1.29 is 9.53 Å². The molecule has 1 aliphatic heterocycles. The molecule has 0 amide bonds. The van der Waals surface area contributed by atoms with Crippen LogP contribution in [0, 0.1) is 0 Å². The van der Waals surface area contributed by atoms with E-state index < -0.39 is 0 Å². The van der Waals surface area contributed by atoms with Crippen LogP contribution in [0.25, 0.3) is 0 Å². The Hall–Kier alpha value is -0.910. The molecule has 5 heteroatoms. The third-order valence-corrected chi connectivity index (χ3v) is 4.15. The maximum atomic E-state index is 11.9. The lowest BCUT2D eigenvalue weighted by molar-refractivity contribution is -0.149. The first kappa shape index (κ1) is 13.5. The first-order valence-electron chi connectivity index (χ1n) is 6.41. The normalized spacial score (nSPS) is 18.5. The molecule has 0 aromatic carbocycles. The number of hydrogen-bond acceptors (Lipinski definition) is 5. The molecule has 1 N–H and O–H groups in total. The molecule has 100 valence electrons. The minimum absolute atomic E-state index is 0.103. The zero-order chi connectivity index (χ0) is 12.8. The van der Waals surface area contributed by atoms with Crippen LogP contribution in [0.15, 0.2) is 17.5 Å². The second kappa shape index (κ2) is 6.87. The van der Waals surface area contributed by atoms with Gasteiger partial charge in [-0.3, -0.25) is 9.69 Å². The lowest BCUT2D eigenvalue weighted by Crippen LogP contribution is -2.50. The number of esters is 1. The molecule has 1 unspecified atom stereocenters. The number of rotatable bonds is 5. The monoisotopic (exact) mass is 268 g/mol. The predicted octanol–water partition coefficient (Wildman–Crippen LogP) is 1.13. The Labute approximate surface area is 112 Å². The van der Waals surface area contributed by atoms with Crippen LogP contribution in [-0.2, 0) is 16.0 Å². The van der Waals surface area contributed by atoms with Gasteiger partial charge in [0.1, 0.15) is 6.04 Å². The number of carbonyl (C=O) groups excluding carboxylic acids is 1. The number of hydrogen-bond donors (Lipinski definition) is 1. The van der Waals surface area contributed by atoms with Crippen molar-refractivity contribution in [1.29, 1.82) is 0 Å². The molecule has 2 heterocycles. The van der Waals surface area contributed by atoms with Crippen molar-refractivity contribution in [2.75, 3.05) is 32.8 Å². The van der Waals surface area contributed by atoms with Gasteiger partial charge in [0.25, 0.3) is 0 Å². The molecule has 0 bridgehead atoms. The van der Waals surface area contributed by atoms with Crippen LogP contribution >= 0.6 is 11.3 Å². The minimum Gasteiger partial charge on any atom is -0.464 e. The van der Waals surface area contributed by atoms with Crippen molar-refractivity contribution in [2.24, 2.45) is 0 Å². The topological polar surface area (TPSA) is 41.6 Å². The van der Waals surface area contributed by atoms with Gasteiger partial charge in [0, 0.05) is 37.5 Å². The summed E-state index contributed by atoms with van der Waals surface area (Å²) >= 11 is 1.70. The molecular weight excluding hydrogens is 248 g/mol. The number of ether oxygens (including phenoxy) is 1. The second-order valence-corrected chi connectivity index (χ2v) is 5.49. The van der Waals surface area contributed by atoms with Gasteiger partial charge in [0.05, 0.1) is 6.61 Å². The van der Waals surface area contributed by atoms with Crippen LogP contribution in [-0.4, -0.2) is 49.7 Å². The van der Waals surface area contributed by atoms with Gasteiger partial charge < -0.3 is 10.1 Å². The molecule has 0 saturated carbocycles. The van der Waals surface area contributed by atoms with Crippen molar-refractivity contribution in [3.05, 3.63) is 22.4 Å². The molecule has 18 heavy (non-hydrogen) atoms. The number of nitrogens with zero attached hydrogens (tertiary/aromatic N) is 1. The van der Waals surface area contributed by atoms with Gasteiger partial charge in [0.15, 0.2) is 0 Å². The van der Waals surface area contributed by atoms with Gasteiger partial charge in [-0.25, -0.2) is 0 Å². The van der Waals surface area contributed by atoms with E-state index in [-0.39, 0.29) is 12.0 Å². The summed E-state index contributed by atoms with van der Waals surface area (Å²) < 4.78 is 5.34. The van der Waals surface area contributed by atoms with Crippen molar-refractivity contribution >= 4 is 17.3 Å². The van der Waals surface area contributed by atoms with E-state index in [4.69, 9.17) is 4.74 Å². The number of nitrogens with one attached hydrogen (secondary N) is 1. The van der Waals surface area contributed by atoms with Gasteiger partial charge in [-0.15, -0.1) is 11.3 Å². The fourth-order valence-electron chi connectivity index (χ4n) is 2.05. The summed E-state index contributed by atoms with van der Waals surface area (Å²) in [6.07, 6.45) is 0.817. The largest absolute Gasteiger partial charge is 0.464 e. The molecule has 1 aliphatic rings. The van der Waals surface area contributed by atoms with E-state index in [9.17, 15) is 4.79 Å². The first-order valence-corrected chi connectivity index (χ1v) is 7.29. The van der Waals surface area contributed by atoms with E-state index in [1.165, 1.54) is 4.88 Å². The SMILES string of the molecule is CC(C(=O)OCCc1cccs1)N1CCNCC1. The highest BCUT2D eigenvalue weighted by Crippen LogP contribution is 2.09. The summed E-state index contributed by atoms with van der Waals surface area (Å²) in [5, 5.41) is 5.32. The number of piperazine rings is 1. The van der Waals surface area contributed by atoms with Crippen LogP contribution in [0.5, 0.6) is 0 Å². The highest BCUT2D eigenvalue weighted by atomic mass is 32.1. The Kier molecular flexibility index (Phi) is 5.16. The van der Waals surface area contributed by atoms with Crippen molar-refractivity contribution in [2.45, 2.75) is 19.4 Å². The molecular formula is C13H20N2O2S. The summed E-state index contributed by atoms with van der Waals surface area (Å²) in [5.74, 6) is -0.103. The lowest BCUT2D eigenvalue weighted by Gasteiger charge is -2.31. The summed E-state index contributed by atoms with van der Waals surface area (Å²) in [7, 11) is 0. The summed E-state index contributed by atoms with van der Waals surface area (Å²) in [6, 6.07) is 3.96. The molecule has 1 fully saturated rings. The Bertz CT molecular complexity index is 361. The Morgan fingerprint density at radius 1 is 1.56 bits per heavy atom. The quantitative estimate of drug-likeness (QED) is 0.813. The smallest absolute Gasteiger partial charge is 0.323 e. The highest BCUT2D eigenvalue weighted by Gasteiger charge is 2.23. The molecule has 1 atom stereocenters. The maximum Gasteiger partial charge on any atom is 0.323 e. The van der Waals surface area contributed by atoms with E-state index >= 15 is 0 Å². The van der Waals surface area contributed by atoms with Gasteiger partial charge >= 0.3 is 5.97 Å². The van der Waals surface area contributed by atoms with Crippen LogP contribution in [0.2, 0.25) is 0 Å². The average Bonchev–Trinajstić information content (AvgIpc) is 2.92. The van der Waals surface area contributed by atoms with Crippen molar-refractivity contribution in [1.82, 2.24) is 10.2 Å². The Morgan fingerprint density at radius 3 is 3.00 bits per heavy atom. The van der Waals surface area contributed by atoms with Crippen LogP contribution in [0.1, 0.15) is 11.8 Å². The van der Waals surface area contributed by atoms with E-state index in [0.29, 0.717) is 6.61 Å². The van der Waals surface area contributed by atoms with E-state index in [0.717, 1.165) is 32.6 Å². The van der Waals surface area contributed by atoms with E-state index in [2.05, 4.69) is 16.3 Å². The number of thiophene rings is 1.